The predicted molar refractivity (Wildman–Crippen MR) is 72.5 cm³/mol. The van der Waals surface area contributed by atoms with Crippen molar-refractivity contribution in [3.05, 3.63) is 36.7 Å². The summed E-state index contributed by atoms with van der Waals surface area (Å²) in [6.07, 6.45) is 3.67. The van der Waals surface area contributed by atoms with Gasteiger partial charge in [-0.05, 0) is 31.2 Å². The number of aromatic nitrogens is 2. The minimum Gasteiger partial charge on any atom is -0.494 e. The Hall–Kier alpha value is -1.46. The van der Waals surface area contributed by atoms with Gasteiger partial charge in [0, 0.05) is 23.8 Å². The van der Waals surface area contributed by atoms with Gasteiger partial charge in [0.05, 0.1) is 13.2 Å². The Labute approximate surface area is 111 Å². The number of nitrogens with zero attached hydrogens (tertiary/aromatic N) is 2. The van der Waals surface area contributed by atoms with E-state index in [-0.39, 0.29) is 6.61 Å². The maximum absolute atomic E-state index is 8.85. The van der Waals surface area contributed by atoms with Gasteiger partial charge < -0.3 is 9.84 Å². The fraction of sp³-hybridized carbons (Fsp3) is 0.308. The van der Waals surface area contributed by atoms with E-state index in [0.29, 0.717) is 12.4 Å². The van der Waals surface area contributed by atoms with Crippen molar-refractivity contribution in [2.75, 3.05) is 19.0 Å². The van der Waals surface area contributed by atoms with Crippen LogP contribution in [0.3, 0.4) is 0 Å². The number of ether oxygens (including phenoxy) is 1. The lowest BCUT2D eigenvalue weighted by Gasteiger charge is -2.08. The maximum atomic E-state index is 8.85. The Morgan fingerprint density at radius 2 is 2.11 bits per heavy atom. The van der Waals surface area contributed by atoms with Crippen molar-refractivity contribution in [3.63, 3.8) is 0 Å². The highest BCUT2D eigenvalue weighted by Crippen LogP contribution is 2.21. The van der Waals surface area contributed by atoms with E-state index in [2.05, 4.69) is 4.98 Å². The Morgan fingerprint density at radius 3 is 2.78 bits per heavy atom. The molecule has 0 unspecified atom stereocenters. The summed E-state index contributed by atoms with van der Waals surface area (Å²) in [6.45, 7) is 2.79. The molecule has 0 aliphatic rings. The van der Waals surface area contributed by atoms with E-state index in [1.807, 2.05) is 42.0 Å². The number of benzene rings is 1. The van der Waals surface area contributed by atoms with Gasteiger partial charge in [0.2, 0.25) is 0 Å². The minimum atomic E-state index is 0.154. The molecule has 1 aromatic carbocycles. The third-order valence-corrected chi connectivity index (χ3v) is 3.30. The maximum Gasteiger partial charge on any atom is 0.172 e. The summed E-state index contributed by atoms with van der Waals surface area (Å²) in [5.41, 5.74) is 1.04. The van der Waals surface area contributed by atoms with Crippen LogP contribution in [0.25, 0.3) is 5.69 Å². The van der Waals surface area contributed by atoms with Crippen molar-refractivity contribution >= 4 is 11.8 Å². The largest absolute Gasteiger partial charge is 0.494 e. The van der Waals surface area contributed by atoms with Crippen molar-refractivity contribution in [1.82, 2.24) is 9.55 Å². The van der Waals surface area contributed by atoms with Gasteiger partial charge in [-0.25, -0.2) is 4.98 Å². The summed E-state index contributed by atoms with van der Waals surface area (Å²) in [6, 6.07) is 7.88. The molecule has 2 rings (SSSR count). The fourth-order valence-electron chi connectivity index (χ4n) is 1.60. The Kier molecular flexibility index (Phi) is 4.66. The highest BCUT2D eigenvalue weighted by Gasteiger charge is 2.05. The second-order valence-corrected chi connectivity index (χ2v) is 4.64. The molecule has 0 saturated heterocycles. The van der Waals surface area contributed by atoms with E-state index in [1.165, 1.54) is 11.8 Å². The molecule has 0 spiro atoms. The zero-order chi connectivity index (χ0) is 12.8. The minimum absolute atomic E-state index is 0.154. The number of thioether (sulfide) groups is 1. The molecule has 96 valence electrons. The summed E-state index contributed by atoms with van der Waals surface area (Å²) < 4.78 is 7.41. The number of hydrogen-bond acceptors (Lipinski definition) is 4. The second-order valence-electron chi connectivity index (χ2n) is 3.58. The lowest BCUT2D eigenvalue weighted by Crippen LogP contribution is -1.97. The number of imidazole rings is 1. The van der Waals surface area contributed by atoms with Gasteiger partial charge in [-0.1, -0.05) is 11.8 Å². The van der Waals surface area contributed by atoms with Crippen molar-refractivity contribution in [2.45, 2.75) is 12.1 Å². The summed E-state index contributed by atoms with van der Waals surface area (Å²) in [5.74, 6) is 1.51. The first-order chi connectivity index (χ1) is 8.85. The normalized spacial score (nSPS) is 10.6. The number of aliphatic hydroxyl groups is 1. The van der Waals surface area contributed by atoms with Crippen LogP contribution in [0.5, 0.6) is 5.75 Å². The van der Waals surface area contributed by atoms with Crippen LogP contribution in [0.4, 0.5) is 0 Å². The van der Waals surface area contributed by atoms with Gasteiger partial charge in [0.25, 0.3) is 0 Å². The SMILES string of the molecule is CCOc1ccc(-n2ccnc2SCCO)cc1. The van der Waals surface area contributed by atoms with Crippen LogP contribution in [0.15, 0.2) is 41.8 Å². The number of aliphatic hydroxyl groups excluding tert-OH is 1. The second kappa shape index (κ2) is 6.47. The quantitative estimate of drug-likeness (QED) is 0.814. The molecule has 1 heterocycles. The fourth-order valence-corrected chi connectivity index (χ4v) is 2.31. The van der Waals surface area contributed by atoms with Crippen LogP contribution >= 0.6 is 11.8 Å². The van der Waals surface area contributed by atoms with E-state index in [4.69, 9.17) is 9.84 Å². The van der Waals surface area contributed by atoms with E-state index in [1.54, 1.807) is 6.20 Å². The Balaban J connectivity index is 2.17. The summed E-state index contributed by atoms with van der Waals surface area (Å²) in [4.78, 5) is 4.27. The smallest absolute Gasteiger partial charge is 0.172 e. The standard InChI is InChI=1S/C13H16N2O2S/c1-2-17-12-5-3-11(4-6-12)15-8-7-14-13(15)18-10-9-16/h3-8,16H,2,9-10H2,1H3. The molecule has 5 heteroatoms. The molecular formula is C13H16N2O2S. The molecule has 1 N–H and O–H groups in total. The third-order valence-electron chi connectivity index (χ3n) is 2.36. The molecule has 1 aromatic heterocycles. The van der Waals surface area contributed by atoms with Gasteiger partial charge in [-0.3, -0.25) is 4.57 Å². The third kappa shape index (κ3) is 3.05. The van der Waals surface area contributed by atoms with Crippen molar-refractivity contribution in [3.8, 4) is 11.4 Å². The monoisotopic (exact) mass is 264 g/mol. The zero-order valence-electron chi connectivity index (χ0n) is 10.2. The first kappa shape index (κ1) is 13.0. The van der Waals surface area contributed by atoms with E-state index in [9.17, 15) is 0 Å². The Morgan fingerprint density at radius 1 is 1.33 bits per heavy atom. The van der Waals surface area contributed by atoms with E-state index >= 15 is 0 Å². The van der Waals surface area contributed by atoms with Gasteiger partial charge >= 0.3 is 0 Å². The average molecular weight is 264 g/mol. The number of rotatable bonds is 6. The molecule has 0 saturated carbocycles. The summed E-state index contributed by atoms with van der Waals surface area (Å²) in [7, 11) is 0. The highest BCUT2D eigenvalue weighted by atomic mass is 32.2. The summed E-state index contributed by atoms with van der Waals surface area (Å²) >= 11 is 1.53. The molecule has 0 aliphatic carbocycles. The topological polar surface area (TPSA) is 47.3 Å². The molecule has 0 atom stereocenters. The van der Waals surface area contributed by atoms with Crippen LogP contribution in [-0.2, 0) is 0 Å². The van der Waals surface area contributed by atoms with Crippen LogP contribution in [0.2, 0.25) is 0 Å². The molecule has 0 fully saturated rings. The molecule has 0 amide bonds. The molecule has 2 aromatic rings. The van der Waals surface area contributed by atoms with Crippen LogP contribution in [-0.4, -0.2) is 33.6 Å². The zero-order valence-corrected chi connectivity index (χ0v) is 11.1. The van der Waals surface area contributed by atoms with Crippen LogP contribution in [0.1, 0.15) is 6.92 Å². The Bertz CT molecular complexity index is 482. The van der Waals surface area contributed by atoms with Crippen molar-refractivity contribution in [1.29, 1.82) is 0 Å². The lowest BCUT2D eigenvalue weighted by atomic mass is 10.3. The summed E-state index contributed by atoms with van der Waals surface area (Å²) in [5, 5.41) is 9.73. The highest BCUT2D eigenvalue weighted by molar-refractivity contribution is 7.99. The molecule has 0 radical (unpaired) electrons. The van der Waals surface area contributed by atoms with E-state index in [0.717, 1.165) is 16.6 Å². The average Bonchev–Trinajstić information content (AvgIpc) is 2.86. The van der Waals surface area contributed by atoms with Gasteiger partial charge in [0.15, 0.2) is 5.16 Å². The first-order valence-electron chi connectivity index (χ1n) is 5.85. The van der Waals surface area contributed by atoms with Crippen LogP contribution in [0, 0.1) is 0 Å². The van der Waals surface area contributed by atoms with Gasteiger partial charge in [0.1, 0.15) is 5.75 Å². The molecular weight excluding hydrogens is 248 g/mol. The first-order valence-corrected chi connectivity index (χ1v) is 6.84. The molecule has 0 aliphatic heterocycles. The molecule has 18 heavy (non-hydrogen) atoms. The number of hydrogen-bond donors (Lipinski definition) is 1. The predicted octanol–water partition coefficient (Wildman–Crippen LogP) is 2.36. The molecule has 0 bridgehead atoms. The molecule has 4 nitrogen and oxygen atoms in total. The van der Waals surface area contributed by atoms with Gasteiger partial charge in [-0.15, -0.1) is 0 Å². The lowest BCUT2D eigenvalue weighted by molar-refractivity contribution is 0.322. The van der Waals surface area contributed by atoms with Crippen molar-refractivity contribution < 1.29 is 9.84 Å². The van der Waals surface area contributed by atoms with Crippen molar-refractivity contribution in [2.24, 2.45) is 0 Å². The van der Waals surface area contributed by atoms with E-state index < -0.39 is 0 Å². The van der Waals surface area contributed by atoms with Crippen LogP contribution < -0.4 is 4.74 Å². The van der Waals surface area contributed by atoms with Gasteiger partial charge in [-0.2, -0.15) is 0 Å².